The summed E-state index contributed by atoms with van der Waals surface area (Å²) in [6.45, 7) is 4.03. The number of benzene rings is 3. The van der Waals surface area contributed by atoms with Crippen LogP contribution < -0.4 is 4.74 Å². The van der Waals surface area contributed by atoms with Gasteiger partial charge in [-0.15, -0.1) is 0 Å². The van der Waals surface area contributed by atoms with Crippen LogP contribution >= 0.6 is 0 Å². The molecule has 0 N–H and O–H groups in total. The Morgan fingerprint density at radius 3 is 2.29 bits per heavy atom. The highest BCUT2D eigenvalue weighted by Gasteiger charge is 2.17. The van der Waals surface area contributed by atoms with E-state index in [9.17, 15) is 9.18 Å². The Balaban J connectivity index is 1.90. The number of methoxy groups -OCH3 is 1. The van der Waals surface area contributed by atoms with E-state index < -0.39 is 5.97 Å². The Morgan fingerprint density at radius 1 is 1.00 bits per heavy atom. The van der Waals surface area contributed by atoms with E-state index in [4.69, 9.17) is 14.6 Å². The molecule has 0 saturated heterocycles. The van der Waals surface area contributed by atoms with E-state index in [0.717, 1.165) is 28.3 Å². The van der Waals surface area contributed by atoms with E-state index >= 15 is 0 Å². The van der Waals surface area contributed by atoms with Crippen LogP contribution in [0.2, 0.25) is 0 Å². The summed E-state index contributed by atoms with van der Waals surface area (Å²) < 4.78 is 25.9. The molecular weight excluding hydrogens is 431 g/mol. The van der Waals surface area contributed by atoms with Gasteiger partial charge in [0.15, 0.2) is 0 Å². The molecule has 1 heterocycles. The number of ether oxygens (including phenoxy) is 2. The summed E-state index contributed by atoms with van der Waals surface area (Å²) in [7, 11) is 1.62. The van der Waals surface area contributed by atoms with Crippen LogP contribution in [0.25, 0.3) is 22.5 Å². The molecule has 1 aromatic heterocycles. The Labute approximate surface area is 198 Å². The number of carbonyl (C=O) groups excluding carboxylic acids is 1. The van der Waals surface area contributed by atoms with Crippen LogP contribution in [0.3, 0.4) is 0 Å². The van der Waals surface area contributed by atoms with Crippen LogP contribution in [0.15, 0.2) is 84.9 Å². The van der Waals surface area contributed by atoms with Crippen molar-refractivity contribution in [2.45, 2.75) is 13.8 Å². The molecular formula is C28H25FN2O3. The number of aryl methyl sites for hydroxylation is 1. The molecule has 4 aromatic rings. The van der Waals surface area contributed by atoms with Gasteiger partial charge in [-0.2, -0.15) is 5.10 Å². The summed E-state index contributed by atoms with van der Waals surface area (Å²) >= 11 is 0. The molecule has 0 amide bonds. The third kappa shape index (κ3) is 5.07. The highest BCUT2D eigenvalue weighted by molar-refractivity contribution is 5.96. The van der Waals surface area contributed by atoms with Gasteiger partial charge in [0.1, 0.15) is 11.6 Å². The molecule has 3 aromatic carbocycles. The predicted molar refractivity (Wildman–Crippen MR) is 130 cm³/mol. The third-order valence-corrected chi connectivity index (χ3v) is 5.35. The molecule has 0 fully saturated rings. The van der Waals surface area contributed by atoms with E-state index in [1.54, 1.807) is 26.2 Å². The summed E-state index contributed by atoms with van der Waals surface area (Å²) in [5.41, 5.74) is 5.55. The second-order valence-corrected chi connectivity index (χ2v) is 7.71. The second kappa shape index (κ2) is 10.2. The predicted octanol–water partition coefficient (Wildman–Crippen LogP) is 5.99. The molecule has 172 valence electrons. The highest BCUT2D eigenvalue weighted by Crippen LogP contribution is 2.31. The summed E-state index contributed by atoms with van der Waals surface area (Å²) in [6.07, 6.45) is 1.40. The minimum Gasteiger partial charge on any atom is -0.497 e. The van der Waals surface area contributed by atoms with E-state index in [2.05, 4.69) is 0 Å². The number of hydrogen-bond acceptors (Lipinski definition) is 4. The van der Waals surface area contributed by atoms with Crippen molar-refractivity contribution in [2.24, 2.45) is 0 Å². The zero-order chi connectivity index (χ0) is 24.1. The lowest BCUT2D eigenvalue weighted by Gasteiger charge is -2.09. The SMILES string of the molecule is CCOC(=O)/C=C(\c1ccc(F)cc1)c1cc(-c2ccc(C)cc2)n(-c2ccc(OC)cc2)n1. The molecule has 34 heavy (non-hydrogen) atoms. The van der Waals surface area contributed by atoms with Gasteiger partial charge in [-0.1, -0.05) is 42.0 Å². The van der Waals surface area contributed by atoms with Crippen LogP contribution in [-0.4, -0.2) is 29.5 Å². The molecule has 4 rings (SSSR count). The van der Waals surface area contributed by atoms with Crippen LogP contribution in [0.4, 0.5) is 4.39 Å². The maximum atomic E-state index is 13.6. The number of aromatic nitrogens is 2. The Morgan fingerprint density at radius 2 is 1.68 bits per heavy atom. The van der Waals surface area contributed by atoms with Crippen LogP contribution in [0.1, 0.15) is 23.7 Å². The first-order chi connectivity index (χ1) is 16.5. The number of halogens is 1. The number of nitrogens with zero attached hydrogens (tertiary/aromatic N) is 2. The largest absolute Gasteiger partial charge is 0.497 e. The average Bonchev–Trinajstić information content (AvgIpc) is 3.29. The standard InChI is InChI=1S/C28H25FN2O3/c1-4-34-28(32)17-25(20-9-11-22(29)12-10-20)26-18-27(21-7-5-19(2)6-8-21)31(30-26)23-13-15-24(33-3)16-14-23/h5-18H,4H2,1-3H3/b25-17+. The summed E-state index contributed by atoms with van der Waals surface area (Å²) in [5, 5.41) is 4.85. The first-order valence-corrected chi connectivity index (χ1v) is 10.9. The number of rotatable bonds is 7. The van der Waals surface area contributed by atoms with Crippen LogP contribution in [0.5, 0.6) is 5.75 Å². The fourth-order valence-corrected chi connectivity index (χ4v) is 3.60. The normalized spacial score (nSPS) is 11.4. The monoisotopic (exact) mass is 456 g/mol. The van der Waals surface area contributed by atoms with Crippen molar-refractivity contribution in [3.8, 4) is 22.7 Å². The molecule has 0 aliphatic carbocycles. The topological polar surface area (TPSA) is 53.4 Å². The van der Waals surface area contributed by atoms with Crippen molar-refractivity contribution in [3.63, 3.8) is 0 Å². The van der Waals surface area contributed by atoms with Gasteiger partial charge in [-0.05, 0) is 61.9 Å². The molecule has 0 aliphatic rings. The van der Waals surface area contributed by atoms with E-state index in [0.29, 0.717) is 16.8 Å². The van der Waals surface area contributed by atoms with Crippen molar-refractivity contribution in [1.82, 2.24) is 9.78 Å². The van der Waals surface area contributed by atoms with E-state index in [-0.39, 0.29) is 12.4 Å². The summed E-state index contributed by atoms with van der Waals surface area (Å²) in [5.74, 6) is -0.108. The van der Waals surface area contributed by atoms with Gasteiger partial charge in [-0.25, -0.2) is 13.9 Å². The van der Waals surface area contributed by atoms with Gasteiger partial charge in [0.2, 0.25) is 0 Å². The number of hydrogen-bond donors (Lipinski definition) is 0. The second-order valence-electron chi connectivity index (χ2n) is 7.71. The maximum Gasteiger partial charge on any atom is 0.331 e. The Bertz CT molecular complexity index is 1310. The molecule has 0 atom stereocenters. The summed E-state index contributed by atoms with van der Waals surface area (Å²) in [6, 6.07) is 23.6. The van der Waals surface area contributed by atoms with E-state index in [1.807, 2.05) is 66.2 Å². The molecule has 6 heteroatoms. The lowest BCUT2D eigenvalue weighted by Crippen LogP contribution is -2.03. The molecule has 0 spiro atoms. The third-order valence-electron chi connectivity index (χ3n) is 5.35. The lowest BCUT2D eigenvalue weighted by atomic mass is 10.0. The van der Waals surface area contributed by atoms with Gasteiger partial charge in [0.25, 0.3) is 0 Å². The first kappa shape index (κ1) is 23.0. The highest BCUT2D eigenvalue weighted by atomic mass is 19.1. The first-order valence-electron chi connectivity index (χ1n) is 10.9. The van der Waals surface area contributed by atoms with Gasteiger partial charge >= 0.3 is 5.97 Å². The van der Waals surface area contributed by atoms with Crippen LogP contribution in [0, 0.1) is 12.7 Å². The molecule has 0 saturated carbocycles. The fraction of sp³-hybridized carbons (Fsp3) is 0.143. The van der Waals surface area contributed by atoms with E-state index in [1.165, 1.54) is 18.2 Å². The minimum absolute atomic E-state index is 0.251. The Hall–Kier alpha value is -4.19. The van der Waals surface area contributed by atoms with Gasteiger partial charge < -0.3 is 9.47 Å². The molecule has 0 aliphatic heterocycles. The zero-order valence-electron chi connectivity index (χ0n) is 19.3. The van der Waals surface area contributed by atoms with Gasteiger partial charge in [-0.3, -0.25) is 0 Å². The molecule has 0 unspecified atom stereocenters. The smallest absolute Gasteiger partial charge is 0.331 e. The molecule has 0 bridgehead atoms. The fourth-order valence-electron chi connectivity index (χ4n) is 3.60. The van der Waals surface area contributed by atoms with Crippen molar-refractivity contribution in [3.05, 3.63) is 108 Å². The number of carbonyl (C=O) groups is 1. The minimum atomic E-state index is -0.488. The average molecular weight is 457 g/mol. The molecule has 5 nitrogen and oxygen atoms in total. The van der Waals surface area contributed by atoms with Gasteiger partial charge in [0.05, 0.1) is 30.8 Å². The van der Waals surface area contributed by atoms with Gasteiger partial charge in [0, 0.05) is 17.2 Å². The maximum absolute atomic E-state index is 13.6. The van der Waals surface area contributed by atoms with Crippen molar-refractivity contribution in [1.29, 1.82) is 0 Å². The Kier molecular flexibility index (Phi) is 6.87. The van der Waals surface area contributed by atoms with Crippen LogP contribution in [-0.2, 0) is 9.53 Å². The lowest BCUT2D eigenvalue weighted by molar-refractivity contribution is -0.137. The zero-order valence-corrected chi connectivity index (χ0v) is 19.3. The van der Waals surface area contributed by atoms with Crippen molar-refractivity contribution in [2.75, 3.05) is 13.7 Å². The van der Waals surface area contributed by atoms with Crippen molar-refractivity contribution >= 4 is 11.5 Å². The number of esters is 1. The van der Waals surface area contributed by atoms with Crippen molar-refractivity contribution < 1.29 is 18.7 Å². The molecule has 0 radical (unpaired) electrons. The summed E-state index contributed by atoms with van der Waals surface area (Å²) in [4.78, 5) is 12.4. The quantitative estimate of drug-likeness (QED) is 0.253.